The zero-order chi connectivity index (χ0) is 17.9. The Balaban J connectivity index is 4.56. The van der Waals surface area contributed by atoms with Gasteiger partial charge in [0.25, 0.3) is 0 Å². The van der Waals surface area contributed by atoms with Gasteiger partial charge in [0.2, 0.25) is 5.91 Å². The number of amides is 1. The highest BCUT2D eigenvalue weighted by molar-refractivity contribution is 5.86. The van der Waals surface area contributed by atoms with Gasteiger partial charge in [-0.05, 0) is 47.2 Å². The molecule has 6 heteroatoms. The van der Waals surface area contributed by atoms with Gasteiger partial charge < -0.3 is 20.4 Å². The molecule has 0 aliphatic heterocycles. The zero-order valence-electron chi connectivity index (χ0n) is 16.2. The molecule has 0 spiro atoms. The highest BCUT2D eigenvalue weighted by atomic mass is 16.2. The summed E-state index contributed by atoms with van der Waals surface area (Å²) in [6, 6.07) is 0. The molecule has 0 rings (SSSR count). The van der Waals surface area contributed by atoms with Crippen LogP contribution in [0, 0.1) is 0 Å². The lowest BCUT2D eigenvalue weighted by molar-refractivity contribution is -0.122. The number of carbonyl (C=O) groups is 1. The number of hydrogen-bond donors (Lipinski definition) is 2. The van der Waals surface area contributed by atoms with Gasteiger partial charge in [0, 0.05) is 25.7 Å². The van der Waals surface area contributed by atoms with Gasteiger partial charge in [-0.25, -0.2) is 0 Å². The van der Waals surface area contributed by atoms with Gasteiger partial charge in [0.1, 0.15) is 0 Å². The number of carbonyl (C=O) groups excluding carboxylic acids is 1. The van der Waals surface area contributed by atoms with Crippen LogP contribution in [0.25, 0.3) is 0 Å². The minimum absolute atomic E-state index is 0.00627. The topological polar surface area (TPSA) is 60.0 Å². The molecule has 0 aliphatic rings. The fourth-order valence-electron chi connectivity index (χ4n) is 2.26. The summed E-state index contributed by atoms with van der Waals surface area (Å²) in [6.07, 6.45) is 1.16. The Morgan fingerprint density at radius 2 is 1.78 bits per heavy atom. The summed E-state index contributed by atoms with van der Waals surface area (Å²) in [5.74, 6) is 0.788. The summed E-state index contributed by atoms with van der Waals surface area (Å²) in [5.41, 5.74) is -0.213. The van der Waals surface area contributed by atoms with Gasteiger partial charge in [-0.15, -0.1) is 0 Å². The molecule has 0 saturated heterocycles. The van der Waals surface area contributed by atoms with Crippen LogP contribution in [0.1, 0.15) is 48.0 Å². The summed E-state index contributed by atoms with van der Waals surface area (Å²) in [5, 5.41) is 6.23. The maximum Gasteiger partial charge on any atom is 0.240 e. The molecule has 0 atom stereocenters. The molecule has 23 heavy (non-hydrogen) atoms. The number of nitrogens with zero attached hydrogens (tertiary/aromatic N) is 3. The maximum absolute atomic E-state index is 12.0. The van der Waals surface area contributed by atoms with Crippen molar-refractivity contribution in [2.75, 3.05) is 46.3 Å². The molecule has 0 bridgehead atoms. The summed E-state index contributed by atoms with van der Waals surface area (Å²) in [4.78, 5) is 21.0. The van der Waals surface area contributed by atoms with Crippen LogP contribution >= 0.6 is 0 Å². The van der Waals surface area contributed by atoms with Crippen LogP contribution in [0.15, 0.2) is 4.99 Å². The van der Waals surface area contributed by atoms with E-state index < -0.39 is 0 Å². The molecular weight excluding hydrogens is 290 g/mol. The van der Waals surface area contributed by atoms with Gasteiger partial charge >= 0.3 is 0 Å². The molecule has 0 fully saturated rings. The fraction of sp³-hybridized carbons (Fsp3) is 0.882. The molecule has 1 amide bonds. The third kappa shape index (κ3) is 11.0. The van der Waals surface area contributed by atoms with E-state index >= 15 is 0 Å². The summed E-state index contributed by atoms with van der Waals surface area (Å²) in [6.45, 7) is 17.3. The van der Waals surface area contributed by atoms with Gasteiger partial charge in [-0.2, -0.15) is 0 Å². The van der Waals surface area contributed by atoms with Crippen LogP contribution < -0.4 is 10.6 Å². The van der Waals surface area contributed by atoms with E-state index in [4.69, 9.17) is 0 Å². The second kappa shape index (κ2) is 11.3. The second-order valence-corrected chi connectivity index (χ2v) is 6.82. The lowest BCUT2D eigenvalue weighted by atomic mass is 10.1. The summed E-state index contributed by atoms with van der Waals surface area (Å²) in [7, 11) is 1.90. The largest absolute Gasteiger partial charge is 0.357 e. The first-order valence-corrected chi connectivity index (χ1v) is 8.76. The predicted octanol–water partition coefficient (Wildman–Crippen LogP) is 1.53. The van der Waals surface area contributed by atoms with Crippen molar-refractivity contribution in [3.63, 3.8) is 0 Å². The fourth-order valence-corrected chi connectivity index (χ4v) is 2.26. The van der Waals surface area contributed by atoms with Crippen LogP contribution in [-0.4, -0.2) is 73.5 Å². The van der Waals surface area contributed by atoms with Crippen molar-refractivity contribution in [2.24, 2.45) is 4.99 Å². The van der Waals surface area contributed by atoms with E-state index in [1.54, 1.807) is 0 Å². The zero-order valence-corrected chi connectivity index (χ0v) is 16.2. The van der Waals surface area contributed by atoms with Gasteiger partial charge in [0.05, 0.1) is 13.1 Å². The molecule has 0 aromatic rings. The average molecular weight is 328 g/mol. The molecule has 0 aliphatic carbocycles. The third-order valence-electron chi connectivity index (χ3n) is 3.26. The number of hydrogen-bond acceptors (Lipinski definition) is 3. The normalized spacial score (nSPS) is 12.4. The van der Waals surface area contributed by atoms with E-state index in [2.05, 4.69) is 34.4 Å². The number of guanidine groups is 1. The van der Waals surface area contributed by atoms with Gasteiger partial charge in [0.15, 0.2) is 5.96 Å². The van der Waals surface area contributed by atoms with Crippen molar-refractivity contribution in [1.29, 1.82) is 0 Å². The molecular formula is C17H37N5O. The summed E-state index contributed by atoms with van der Waals surface area (Å²) < 4.78 is 0. The van der Waals surface area contributed by atoms with Crippen LogP contribution in [0.5, 0.6) is 0 Å². The number of nitrogens with one attached hydrogen (secondary N) is 2. The Bertz CT molecular complexity index is 362. The Morgan fingerprint density at radius 1 is 1.13 bits per heavy atom. The lowest BCUT2D eigenvalue weighted by Crippen LogP contribution is -2.49. The molecule has 2 N–H and O–H groups in total. The monoisotopic (exact) mass is 327 g/mol. The van der Waals surface area contributed by atoms with Crippen LogP contribution in [0.3, 0.4) is 0 Å². The maximum atomic E-state index is 12.0. The Labute approximate surface area is 142 Å². The van der Waals surface area contributed by atoms with Crippen molar-refractivity contribution < 1.29 is 4.79 Å². The third-order valence-corrected chi connectivity index (χ3v) is 3.26. The number of rotatable bonds is 9. The second-order valence-electron chi connectivity index (χ2n) is 6.82. The highest BCUT2D eigenvalue weighted by Gasteiger charge is 2.16. The Kier molecular flexibility index (Phi) is 10.6. The van der Waals surface area contributed by atoms with Crippen molar-refractivity contribution in [3.8, 4) is 0 Å². The number of aliphatic imine (C=N–C) groups is 1. The Hall–Kier alpha value is -1.30. The number of likely N-dealkylation sites (N-methyl/N-ethyl adjacent to an activating group) is 2. The molecule has 0 unspecified atom stereocenters. The van der Waals surface area contributed by atoms with E-state index in [0.717, 1.165) is 45.1 Å². The van der Waals surface area contributed by atoms with Gasteiger partial charge in [-0.3, -0.25) is 9.79 Å². The van der Waals surface area contributed by atoms with Crippen molar-refractivity contribution in [2.45, 2.75) is 53.5 Å². The van der Waals surface area contributed by atoms with Crippen molar-refractivity contribution >= 4 is 11.9 Å². The standard InChI is InChI=1S/C17H37N5O/c1-8-12-22(10-3)13-11-19-16(18-9-2)21(7)14-15(23)20-17(4,5)6/h8-14H2,1-7H3,(H,18,19)(H,20,23). The molecule has 0 radical (unpaired) electrons. The van der Waals surface area contributed by atoms with Crippen molar-refractivity contribution in [1.82, 2.24) is 20.4 Å². The van der Waals surface area contributed by atoms with E-state index in [1.165, 1.54) is 0 Å². The van der Waals surface area contributed by atoms with E-state index in [0.29, 0.717) is 6.54 Å². The Morgan fingerprint density at radius 3 is 2.26 bits per heavy atom. The summed E-state index contributed by atoms with van der Waals surface area (Å²) >= 11 is 0. The molecule has 6 nitrogen and oxygen atoms in total. The highest BCUT2D eigenvalue weighted by Crippen LogP contribution is 1.98. The van der Waals surface area contributed by atoms with Crippen LogP contribution in [-0.2, 0) is 4.79 Å². The quantitative estimate of drug-likeness (QED) is 0.498. The van der Waals surface area contributed by atoms with Crippen molar-refractivity contribution in [3.05, 3.63) is 0 Å². The molecule has 0 aromatic heterocycles. The molecule has 0 aromatic carbocycles. The predicted molar refractivity (Wildman–Crippen MR) is 98.9 cm³/mol. The first-order valence-electron chi connectivity index (χ1n) is 8.76. The average Bonchev–Trinajstić information content (AvgIpc) is 2.43. The molecule has 0 heterocycles. The van der Waals surface area contributed by atoms with Crippen LogP contribution in [0.4, 0.5) is 0 Å². The lowest BCUT2D eigenvalue weighted by Gasteiger charge is -2.25. The minimum Gasteiger partial charge on any atom is -0.357 e. The first kappa shape index (κ1) is 21.7. The van der Waals surface area contributed by atoms with E-state index in [-0.39, 0.29) is 11.4 Å². The molecule has 136 valence electrons. The first-order chi connectivity index (χ1) is 10.7. The smallest absolute Gasteiger partial charge is 0.240 e. The van der Waals surface area contributed by atoms with E-state index in [1.807, 2.05) is 39.6 Å². The minimum atomic E-state index is -0.213. The van der Waals surface area contributed by atoms with Gasteiger partial charge in [-0.1, -0.05) is 13.8 Å². The SMILES string of the molecule is CCCN(CC)CCN=C(NCC)N(C)CC(=O)NC(C)(C)C. The van der Waals surface area contributed by atoms with E-state index in [9.17, 15) is 4.79 Å². The molecule has 0 saturated carbocycles. The van der Waals surface area contributed by atoms with Crippen LogP contribution in [0.2, 0.25) is 0 Å².